The molecule has 7 heteroatoms. The van der Waals surface area contributed by atoms with Crippen molar-refractivity contribution in [3.63, 3.8) is 0 Å². The first-order valence-corrected chi connectivity index (χ1v) is 9.43. The van der Waals surface area contributed by atoms with Crippen LogP contribution in [0, 0.1) is 5.82 Å². The summed E-state index contributed by atoms with van der Waals surface area (Å²) in [6.07, 6.45) is 2.28. The zero-order valence-corrected chi connectivity index (χ0v) is 14.0. The lowest BCUT2D eigenvalue weighted by atomic mass is 10.0. The maximum absolute atomic E-state index is 13.7. The van der Waals surface area contributed by atoms with E-state index in [2.05, 4.69) is 0 Å². The molecule has 1 aromatic rings. The fourth-order valence-electron chi connectivity index (χ4n) is 2.85. The summed E-state index contributed by atoms with van der Waals surface area (Å²) in [4.78, 5) is 11.7. The summed E-state index contributed by atoms with van der Waals surface area (Å²) in [5, 5.41) is 0. The third kappa shape index (κ3) is 4.75. The van der Waals surface area contributed by atoms with Crippen molar-refractivity contribution < 1.29 is 22.3 Å². The molecule has 0 aliphatic carbocycles. The van der Waals surface area contributed by atoms with Gasteiger partial charge >= 0.3 is 5.97 Å². The first-order valence-electron chi connectivity index (χ1n) is 7.82. The van der Waals surface area contributed by atoms with E-state index < -0.39 is 27.9 Å². The van der Waals surface area contributed by atoms with Crippen LogP contribution in [0.3, 0.4) is 0 Å². The fraction of sp³-hybridized carbons (Fsp3) is 0.562. The number of ether oxygens (including phenoxy) is 1. The minimum atomic E-state index is -3.68. The minimum Gasteiger partial charge on any atom is -0.466 e. The van der Waals surface area contributed by atoms with Gasteiger partial charge in [0.1, 0.15) is 5.82 Å². The first kappa shape index (κ1) is 17.9. The van der Waals surface area contributed by atoms with Crippen LogP contribution >= 0.6 is 0 Å². The smallest absolute Gasteiger partial charge is 0.307 e. The molecule has 1 heterocycles. The van der Waals surface area contributed by atoms with E-state index >= 15 is 0 Å². The van der Waals surface area contributed by atoms with Crippen LogP contribution in [-0.2, 0) is 25.3 Å². The number of halogens is 1. The second-order valence-electron chi connectivity index (χ2n) is 5.62. The number of nitrogens with zero attached hydrogens (tertiary/aromatic N) is 1. The van der Waals surface area contributed by atoms with Crippen molar-refractivity contribution in [1.29, 1.82) is 0 Å². The normalized spacial score (nSPS) is 19.5. The largest absolute Gasteiger partial charge is 0.466 e. The molecule has 1 aromatic carbocycles. The Morgan fingerprint density at radius 3 is 2.78 bits per heavy atom. The number of carbonyl (C=O) groups is 1. The Morgan fingerprint density at radius 1 is 1.35 bits per heavy atom. The average molecular weight is 343 g/mol. The van der Waals surface area contributed by atoms with Gasteiger partial charge < -0.3 is 4.74 Å². The third-order valence-corrected chi connectivity index (χ3v) is 5.80. The molecular formula is C16H22FNO4S. The van der Waals surface area contributed by atoms with E-state index in [1.54, 1.807) is 13.0 Å². The number of hydrogen-bond donors (Lipinski definition) is 0. The molecule has 128 valence electrons. The van der Waals surface area contributed by atoms with E-state index in [1.165, 1.54) is 22.5 Å². The van der Waals surface area contributed by atoms with Crippen molar-refractivity contribution in [2.75, 3.05) is 13.2 Å². The minimum absolute atomic E-state index is 0.0460. The fourth-order valence-corrected chi connectivity index (χ4v) is 4.69. The van der Waals surface area contributed by atoms with Gasteiger partial charge in [0.2, 0.25) is 10.0 Å². The summed E-state index contributed by atoms with van der Waals surface area (Å²) in [6.45, 7) is 2.35. The Hall–Kier alpha value is -1.47. The van der Waals surface area contributed by atoms with E-state index in [-0.39, 0.29) is 24.3 Å². The van der Waals surface area contributed by atoms with Crippen LogP contribution in [0.2, 0.25) is 0 Å². The third-order valence-electron chi connectivity index (χ3n) is 3.93. The van der Waals surface area contributed by atoms with Gasteiger partial charge in [-0.1, -0.05) is 24.6 Å². The number of rotatable bonds is 6. The zero-order chi connectivity index (χ0) is 16.9. The molecule has 1 atom stereocenters. The Labute approximate surface area is 136 Å². The summed E-state index contributed by atoms with van der Waals surface area (Å²) in [7, 11) is -3.68. The maximum Gasteiger partial charge on any atom is 0.307 e. The van der Waals surface area contributed by atoms with Crippen LogP contribution < -0.4 is 0 Å². The van der Waals surface area contributed by atoms with Crippen molar-refractivity contribution in [1.82, 2.24) is 4.31 Å². The van der Waals surface area contributed by atoms with Gasteiger partial charge in [-0.05, 0) is 25.8 Å². The molecule has 1 aliphatic rings. The molecule has 23 heavy (non-hydrogen) atoms. The molecule has 0 radical (unpaired) electrons. The lowest BCUT2D eigenvalue weighted by molar-refractivity contribution is -0.144. The summed E-state index contributed by atoms with van der Waals surface area (Å²) in [5.41, 5.74) is 0.146. The van der Waals surface area contributed by atoms with Crippen molar-refractivity contribution >= 4 is 16.0 Å². The topological polar surface area (TPSA) is 63.7 Å². The standard InChI is InChI=1S/C16H22FNO4S/c1-2-22-16(19)11-14-8-5-6-10-18(14)23(20,21)12-13-7-3-4-9-15(13)17/h3-4,7,9,14H,2,5-6,8,10-12H2,1H3/t14-/m1/s1. The van der Waals surface area contributed by atoms with E-state index in [1.807, 2.05) is 0 Å². The highest BCUT2D eigenvalue weighted by Gasteiger charge is 2.34. The van der Waals surface area contributed by atoms with Crippen LogP contribution in [0.4, 0.5) is 4.39 Å². The van der Waals surface area contributed by atoms with Crippen molar-refractivity contribution in [2.45, 2.75) is 44.4 Å². The Kier molecular flexibility index (Phi) is 6.12. The van der Waals surface area contributed by atoms with Gasteiger partial charge in [-0.2, -0.15) is 4.31 Å². The Balaban J connectivity index is 2.15. The Morgan fingerprint density at radius 2 is 2.09 bits per heavy atom. The van der Waals surface area contributed by atoms with Crippen molar-refractivity contribution in [3.05, 3.63) is 35.6 Å². The highest BCUT2D eigenvalue weighted by Crippen LogP contribution is 2.25. The molecule has 0 N–H and O–H groups in total. The predicted octanol–water partition coefficient (Wildman–Crippen LogP) is 2.46. The van der Waals surface area contributed by atoms with Crippen LogP contribution in [-0.4, -0.2) is 37.9 Å². The number of carbonyl (C=O) groups excluding carboxylic acids is 1. The molecule has 0 aromatic heterocycles. The number of esters is 1. The molecule has 2 rings (SSSR count). The number of piperidine rings is 1. The lowest BCUT2D eigenvalue weighted by Crippen LogP contribution is -2.45. The van der Waals surface area contributed by atoms with E-state index in [9.17, 15) is 17.6 Å². The van der Waals surface area contributed by atoms with E-state index in [4.69, 9.17) is 4.74 Å². The van der Waals surface area contributed by atoms with Crippen LogP contribution in [0.5, 0.6) is 0 Å². The van der Waals surface area contributed by atoms with Gasteiger partial charge in [0, 0.05) is 18.2 Å². The van der Waals surface area contributed by atoms with Crippen molar-refractivity contribution in [3.8, 4) is 0 Å². The van der Waals surface area contributed by atoms with Gasteiger partial charge in [0.05, 0.1) is 18.8 Å². The molecule has 1 saturated heterocycles. The lowest BCUT2D eigenvalue weighted by Gasteiger charge is -2.34. The van der Waals surface area contributed by atoms with Gasteiger partial charge in [0.25, 0.3) is 0 Å². The molecule has 0 spiro atoms. The van der Waals surface area contributed by atoms with Crippen LogP contribution in [0.1, 0.15) is 38.2 Å². The van der Waals surface area contributed by atoms with E-state index in [0.29, 0.717) is 13.0 Å². The van der Waals surface area contributed by atoms with Gasteiger partial charge in [-0.25, -0.2) is 12.8 Å². The molecule has 1 fully saturated rings. The van der Waals surface area contributed by atoms with Gasteiger partial charge in [-0.3, -0.25) is 4.79 Å². The molecule has 1 aliphatic heterocycles. The average Bonchev–Trinajstić information content (AvgIpc) is 2.50. The summed E-state index contributed by atoms with van der Waals surface area (Å²) in [5.74, 6) is -1.32. The van der Waals surface area contributed by atoms with Gasteiger partial charge in [-0.15, -0.1) is 0 Å². The second kappa shape index (κ2) is 7.88. The van der Waals surface area contributed by atoms with Crippen molar-refractivity contribution in [2.24, 2.45) is 0 Å². The quantitative estimate of drug-likeness (QED) is 0.745. The molecule has 0 unspecified atom stereocenters. The Bertz CT molecular complexity index is 647. The molecule has 0 bridgehead atoms. The molecule has 0 saturated carbocycles. The molecule has 0 amide bonds. The second-order valence-corrected chi connectivity index (χ2v) is 7.54. The monoisotopic (exact) mass is 343 g/mol. The van der Waals surface area contributed by atoms with Crippen LogP contribution in [0.15, 0.2) is 24.3 Å². The first-order chi connectivity index (χ1) is 10.9. The van der Waals surface area contributed by atoms with Gasteiger partial charge in [0.15, 0.2) is 0 Å². The molecule has 5 nitrogen and oxygen atoms in total. The molecular weight excluding hydrogens is 321 g/mol. The summed E-state index contributed by atoms with van der Waals surface area (Å²) in [6, 6.07) is 5.45. The zero-order valence-electron chi connectivity index (χ0n) is 13.2. The number of hydrogen-bond acceptors (Lipinski definition) is 4. The number of sulfonamides is 1. The maximum atomic E-state index is 13.7. The van der Waals surface area contributed by atoms with Crippen LogP contribution in [0.25, 0.3) is 0 Å². The summed E-state index contributed by atoms with van der Waals surface area (Å²) >= 11 is 0. The van der Waals surface area contributed by atoms with E-state index in [0.717, 1.165) is 12.8 Å². The predicted molar refractivity (Wildman–Crippen MR) is 84.6 cm³/mol. The summed E-state index contributed by atoms with van der Waals surface area (Å²) < 4.78 is 45.3. The highest BCUT2D eigenvalue weighted by atomic mass is 32.2. The SMILES string of the molecule is CCOC(=O)C[C@H]1CCCCN1S(=O)(=O)Cc1ccccc1F. The number of benzene rings is 1. The highest BCUT2D eigenvalue weighted by molar-refractivity contribution is 7.88.